The molecule has 7 heteroatoms. The van der Waals surface area contributed by atoms with Crippen molar-refractivity contribution in [3.8, 4) is 11.3 Å². The largest absolute Gasteiger partial charge is 0.460 e. The third kappa shape index (κ3) is 3.42. The number of furan rings is 1. The van der Waals surface area contributed by atoms with E-state index in [4.69, 9.17) is 9.15 Å². The number of benzene rings is 2. The summed E-state index contributed by atoms with van der Waals surface area (Å²) < 4.78 is 39.0. The topological polar surface area (TPSA) is 76.8 Å². The molecule has 0 unspecified atom stereocenters. The number of sulfonamides is 1. The molecular weight excluding hydrogens is 390 g/mol. The lowest BCUT2D eigenvalue weighted by molar-refractivity contribution is 0.0491. The fraction of sp³-hybridized carbons (Fsp3) is 0.227. The molecule has 2 aromatic carbocycles. The molecule has 0 N–H and O–H groups in total. The number of fused-ring (bicyclic) bond motifs is 3. The standard InChI is InChI=1S/C22H21NO5S/c1-3-27-22(24)20-14-16-12-13-23(19-7-5-4-6-18(19)21(16)28-20)29(25,26)17-10-8-15(2)9-11-17/h4-11,14H,3,12-13H2,1-2H3. The number of hydrogen-bond donors (Lipinski definition) is 0. The maximum absolute atomic E-state index is 13.4. The lowest BCUT2D eigenvalue weighted by Gasteiger charge is -2.24. The summed E-state index contributed by atoms with van der Waals surface area (Å²) in [5.41, 5.74) is 2.93. The van der Waals surface area contributed by atoms with Gasteiger partial charge in [-0.1, -0.05) is 29.8 Å². The number of rotatable bonds is 4. The predicted octanol–water partition coefficient (Wildman–Crippen LogP) is 4.18. The summed E-state index contributed by atoms with van der Waals surface area (Å²) in [6.45, 7) is 4.14. The average Bonchev–Trinajstić information content (AvgIpc) is 3.06. The highest BCUT2D eigenvalue weighted by atomic mass is 32.2. The molecule has 4 rings (SSSR count). The summed E-state index contributed by atoms with van der Waals surface area (Å²) in [7, 11) is -3.75. The van der Waals surface area contributed by atoms with Crippen LogP contribution in [0, 0.1) is 6.92 Å². The first kappa shape index (κ1) is 19.3. The lowest BCUT2D eigenvalue weighted by atomic mass is 10.1. The van der Waals surface area contributed by atoms with Gasteiger partial charge in [0.25, 0.3) is 10.0 Å². The summed E-state index contributed by atoms with van der Waals surface area (Å²) in [5.74, 6) is 0.106. The average molecular weight is 411 g/mol. The Balaban J connectivity index is 1.81. The monoisotopic (exact) mass is 411 g/mol. The van der Waals surface area contributed by atoms with Gasteiger partial charge >= 0.3 is 5.97 Å². The number of anilines is 1. The molecule has 6 nitrogen and oxygen atoms in total. The van der Waals surface area contributed by atoms with Crippen LogP contribution >= 0.6 is 0 Å². The number of para-hydroxylation sites is 1. The minimum atomic E-state index is -3.75. The molecule has 0 fully saturated rings. The summed E-state index contributed by atoms with van der Waals surface area (Å²) in [4.78, 5) is 12.3. The van der Waals surface area contributed by atoms with Crippen molar-refractivity contribution in [3.63, 3.8) is 0 Å². The van der Waals surface area contributed by atoms with Crippen molar-refractivity contribution in [1.29, 1.82) is 0 Å². The minimum absolute atomic E-state index is 0.126. The van der Waals surface area contributed by atoms with E-state index in [0.29, 0.717) is 23.4 Å². The molecule has 3 aromatic rings. The quantitative estimate of drug-likeness (QED) is 0.602. The van der Waals surface area contributed by atoms with Gasteiger partial charge in [-0.3, -0.25) is 4.31 Å². The number of ether oxygens (including phenoxy) is 1. The smallest absolute Gasteiger partial charge is 0.374 e. The number of aryl methyl sites for hydroxylation is 1. The van der Waals surface area contributed by atoms with E-state index in [9.17, 15) is 13.2 Å². The van der Waals surface area contributed by atoms with Crippen LogP contribution in [0.1, 0.15) is 28.6 Å². The van der Waals surface area contributed by atoms with Gasteiger partial charge in [0.1, 0.15) is 5.76 Å². The van der Waals surface area contributed by atoms with E-state index in [1.54, 1.807) is 55.5 Å². The Labute approximate surface area is 169 Å². The van der Waals surface area contributed by atoms with Gasteiger partial charge in [0.2, 0.25) is 5.76 Å². The molecule has 2 heterocycles. The highest BCUT2D eigenvalue weighted by Gasteiger charge is 2.32. The van der Waals surface area contributed by atoms with Crippen LogP contribution in [0.3, 0.4) is 0 Å². The number of nitrogens with zero attached hydrogens (tertiary/aromatic N) is 1. The van der Waals surface area contributed by atoms with Gasteiger partial charge in [-0.05, 0) is 50.6 Å². The van der Waals surface area contributed by atoms with Gasteiger partial charge in [0.15, 0.2) is 0 Å². The number of esters is 1. The molecular formula is C22H21NO5S. The zero-order valence-corrected chi connectivity index (χ0v) is 17.0. The number of hydrogen-bond acceptors (Lipinski definition) is 5. The summed E-state index contributed by atoms with van der Waals surface area (Å²) in [6.07, 6.45) is 0.415. The van der Waals surface area contributed by atoms with Gasteiger partial charge in [-0.2, -0.15) is 0 Å². The van der Waals surface area contributed by atoms with Gasteiger partial charge in [-0.15, -0.1) is 0 Å². The second-order valence-corrected chi connectivity index (χ2v) is 8.71. The molecule has 1 aliphatic rings. The molecule has 0 atom stereocenters. The minimum Gasteiger partial charge on any atom is -0.460 e. The Morgan fingerprint density at radius 3 is 2.59 bits per heavy atom. The van der Waals surface area contributed by atoms with Gasteiger partial charge in [-0.25, -0.2) is 13.2 Å². The Hall–Kier alpha value is -3.06. The van der Waals surface area contributed by atoms with Crippen molar-refractivity contribution >= 4 is 21.7 Å². The number of carbonyl (C=O) groups is 1. The van der Waals surface area contributed by atoms with E-state index >= 15 is 0 Å². The molecule has 29 heavy (non-hydrogen) atoms. The van der Waals surface area contributed by atoms with Crippen molar-refractivity contribution in [2.24, 2.45) is 0 Å². The third-order valence-electron chi connectivity index (χ3n) is 4.90. The molecule has 150 valence electrons. The third-order valence-corrected chi connectivity index (χ3v) is 6.72. The molecule has 0 amide bonds. The molecule has 0 aliphatic carbocycles. The summed E-state index contributed by atoms with van der Waals surface area (Å²) in [5, 5.41) is 0. The molecule has 0 bridgehead atoms. The van der Waals surface area contributed by atoms with Crippen molar-refractivity contribution in [1.82, 2.24) is 0 Å². The van der Waals surface area contributed by atoms with Crippen LogP contribution in [0.5, 0.6) is 0 Å². The van der Waals surface area contributed by atoms with E-state index in [1.165, 1.54) is 4.31 Å². The van der Waals surface area contributed by atoms with Gasteiger partial charge in [0.05, 0.1) is 17.2 Å². The fourth-order valence-corrected chi connectivity index (χ4v) is 4.94. The van der Waals surface area contributed by atoms with Gasteiger partial charge in [0, 0.05) is 17.7 Å². The van der Waals surface area contributed by atoms with Crippen molar-refractivity contribution in [3.05, 3.63) is 71.5 Å². The van der Waals surface area contributed by atoms with Crippen LogP contribution in [0.15, 0.2) is 63.9 Å². The first-order chi connectivity index (χ1) is 13.9. The van der Waals surface area contributed by atoms with Crippen LogP contribution in [0.4, 0.5) is 5.69 Å². The predicted molar refractivity (Wildman–Crippen MR) is 110 cm³/mol. The van der Waals surface area contributed by atoms with E-state index in [0.717, 1.165) is 11.1 Å². The van der Waals surface area contributed by atoms with E-state index in [2.05, 4.69) is 0 Å². The molecule has 0 spiro atoms. The Bertz CT molecular complexity index is 1160. The Kier molecular flexibility index (Phi) is 4.92. The second kappa shape index (κ2) is 7.40. The molecule has 1 aromatic heterocycles. The lowest BCUT2D eigenvalue weighted by Crippen LogP contribution is -2.32. The fourth-order valence-electron chi connectivity index (χ4n) is 3.46. The maximum atomic E-state index is 13.4. The molecule has 1 aliphatic heterocycles. The van der Waals surface area contributed by atoms with Crippen LogP contribution in [-0.4, -0.2) is 27.5 Å². The van der Waals surface area contributed by atoms with Crippen LogP contribution < -0.4 is 4.31 Å². The van der Waals surface area contributed by atoms with E-state index in [-0.39, 0.29) is 23.8 Å². The van der Waals surface area contributed by atoms with E-state index < -0.39 is 16.0 Å². The molecule has 0 radical (unpaired) electrons. The first-order valence-corrected chi connectivity index (χ1v) is 10.8. The maximum Gasteiger partial charge on any atom is 0.374 e. The molecule has 0 saturated carbocycles. The SMILES string of the molecule is CCOC(=O)c1cc2c(o1)-c1ccccc1N(S(=O)(=O)c1ccc(C)cc1)CC2. The van der Waals surface area contributed by atoms with Crippen molar-refractivity contribution < 1.29 is 22.4 Å². The number of carbonyl (C=O) groups excluding carboxylic acids is 1. The highest BCUT2D eigenvalue weighted by molar-refractivity contribution is 7.92. The van der Waals surface area contributed by atoms with Crippen LogP contribution in [0.25, 0.3) is 11.3 Å². The van der Waals surface area contributed by atoms with Crippen molar-refractivity contribution in [2.75, 3.05) is 17.5 Å². The highest BCUT2D eigenvalue weighted by Crippen LogP contribution is 2.40. The van der Waals surface area contributed by atoms with Crippen molar-refractivity contribution in [2.45, 2.75) is 25.2 Å². The van der Waals surface area contributed by atoms with Crippen LogP contribution in [0.2, 0.25) is 0 Å². The normalized spacial score (nSPS) is 13.4. The zero-order valence-electron chi connectivity index (χ0n) is 16.2. The summed E-state index contributed by atoms with van der Waals surface area (Å²) >= 11 is 0. The van der Waals surface area contributed by atoms with Gasteiger partial charge < -0.3 is 9.15 Å². The second-order valence-electron chi connectivity index (χ2n) is 6.84. The zero-order chi connectivity index (χ0) is 20.6. The van der Waals surface area contributed by atoms with Crippen LogP contribution in [-0.2, 0) is 21.2 Å². The van der Waals surface area contributed by atoms with E-state index in [1.807, 2.05) is 13.0 Å². The summed E-state index contributed by atoms with van der Waals surface area (Å²) in [6, 6.07) is 15.6. The Morgan fingerprint density at radius 2 is 1.86 bits per heavy atom. The molecule has 0 saturated heterocycles. The first-order valence-electron chi connectivity index (χ1n) is 9.40. The Morgan fingerprint density at radius 1 is 1.14 bits per heavy atom.